The Morgan fingerprint density at radius 1 is 1.10 bits per heavy atom. The van der Waals surface area contributed by atoms with E-state index in [1.165, 1.54) is 5.56 Å². The van der Waals surface area contributed by atoms with Crippen LogP contribution in [-0.4, -0.2) is 49.1 Å². The Morgan fingerprint density at radius 2 is 1.78 bits per heavy atom. The molecule has 9 nitrogen and oxygen atoms in total. The van der Waals surface area contributed by atoms with Crippen molar-refractivity contribution in [2.45, 2.75) is 56.9 Å². The highest BCUT2D eigenvalue weighted by atomic mass is 31.0. The molecule has 0 fully saturated rings. The van der Waals surface area contributed by atoms with Gasteiger partial charge in [0.2, 0.25) is 5.91 Å². The van der Waals surface area contributed by atoms with Gasteiger partial charge in [-0.15, -0.1) is 0 Å². The highest BCUT2D eigenvalue weighted by molar-refractivity contribution is 7.13. The van der Waals surface area contributed by atoms with Crippen LogP contribution in [0.1, 0.15) is 51.0 Å². The van der Waals surface area contributed by atoms with Crippen molar-refractivity contribution < 1.29 is 19.4 Å². The van der Waals surface area contributed by atoms with E-state index < -0.39 is 12.0 Å². The Balaban J connectivity index is 1.39. The molecule has 6 N–H and O–H groups in total. The molecule has 3 rings (SSSR count). The third kappa shape index (κ3) is 9.73. The number of benzene rings is 2. The van der Waals surface area contributed by atoms with Crippen molar-refractivity contribution in [3.05, 3.63) is 77.9 Å². The summed E-state index contributed by atoms with van der Waals surface area (Å²) in [6, 6.07) is 16.0. The van der Waals surface area contributed by atoms with Crippen LogP contribution in [0.2, 0.25) is 0 Å². The van der Waals surface area contributed by atoms with Gasteiger partial charge in [-0.1, -0.05) is 70.9 Å². The van der Waals surface area contributed by atoms with E-state index in [0.29, 0.717) is 38.2 Å². The highest BCUT2D eigenvalue weighted by Gasteiger charge is 2.25. The molecule has 0 radical (unpaired) electrons. The predicted molar refractivity (Wildman–Crippen MR) is 168 cm³/mol. The number of carbonyl (C=O) groups is 2. The molecule has 1 aliphatic carbocycles. The van der Waals surface area contributed by atoms with Crippen molar-refractivity contribution in [1.29, 1.82) is 0 Å². The Kier molecular flexibility index (Phi) is 12.4. The van der Waals surface area contributed by atoms with Crippen LogP contribution < -0.4 is 26.3 Å². The number of rotatable bonds is 16. The number of carbonyl (C=O) groups excluding carboxylic acids is 1. The maximum atomic E-state index is 12.0. The lowest BCUT2D eigenvalue weighted by Gasteiger charge is -2.28. The molecule has 0 aromatic heterocycles. The number of nitrogens with zero attached hydrogens (tertiary/aromatic N) is 1. The van der Waals surface area contributed by atoms with Crippen molar-refractivity contribution in [1.82, 2.24) is 15.8 Å². The summed E-state index contributed by atoms with van der Waals surface area (Å²) >= 11 is 0. The smallest absolute Gasteiger partial charge is 0.320 e. The molecule has 1 aliphatic rings. The molecule has 2 unspecified atom stereocenters. The van der Waals surface area contributed by atoms with Gasteiger partial charge in [-0.05, 0) is 60.9 Å². The van der Waals surface area contributed by atoms with Crippen LogP contribution in [0.3, 0.4) is 0 Å². The Labute approximate surface area is 245 Å². The number of unbranched alkanes of at least 4 members (excludes halogenated alkanes) is 1. The van der Waals surface area contributed by atoms with Gasteiger partial charge in [0.1, 0.15) is 17.6 Å². The average Bonchev–Trinajstić information content (AvgIpc) is 2.98. The van der Waals surface area contributed by atoms with Gasteiger partial charge < -0.3 is 26.3 Å². The summed E-state index contributed by atoms with van der Waals surface area (Å²) in [4.78, 5) is 23.0. The molecule has 2 aromatic rings. The van der Waals surface area contributed by atoms with E-state index in [-0.39, 0.29) is 11.3 Å². The Morgan fingerprint density at radius 3 is 2.37 bits per heavy atom. The number of amidine groups is 1. The van der Waals surface area contributed by atoms with Crippen molar-refractivity contribution in [2.24, 2.45) is 10.8 Å². The Bertz CT molecular complexity index is 1240. The number of allylic oxidation sites excluding steroid dienone is 2. The second-order valence-electron chi connectivity index (χ2n) is 10.3. The minimum atomic E-state index is -0.870. The van der Waals surface area contributed by atoms with E-state index in [1.807, 2.05) is 30.3 Å². The van der Waals surface area contributed by atoms with Gasteiger partial charge in [-0.3, -0.25) is 14.7 Å². The summed E-state index contributed by atoms with van der Waals surface area (Å²) in [5.41, 5.74) is 13.0. The molecule has 0 bridgehead atoms. The van der Waals surface area contributed by atoms with E-state index in [1.54, 1.807) is 7.05 Å². The van der Waals surface area contributed by atoms with Crippen molar-refractivity contribution in [3.8, 4) is 16.9 Å². The van der Waals surface area contributed by atoms with Crippen LogP contribution in [0.5, 0.6) is 5.75 Å². The standard InChI is InChI=1S/C31H42N5O4P/c1-31(18-16-24(17-19-31)29(32)35-33-2)25-12-8-22(9-13-25)23-10-14-26(15-11-23)40-21-5-7-28(37)34-20-4-3-6-27(36-41)30(38)39/h8-18,27,33,36H,3-7,19-21,41H2,1-2H3,(H2,32,35)(H,34,37)(H,38,39)/t27-,31?/m0/s1. The molecule has 220 valence electrons. The number of nitrogens with one attached hydrogen (secondary N) is 3. The fraction of sp³-hybridized carbons (Fsp3) is 0.387. The van der Waals surface area contributed by atoms with Gasteiger partial charge >= 0.3 is 5.97 Å². The van der Waals surface area contributed by atoms with Crippen LogP contribution in [0.4, 0.5) is 0 Å². The number of amides is 1. The summed E-state index contributed by atoms with van der Waals surface area (Å²) in [7, 11) is 3.96. The van der Waals surface area contributed by atoms with Gasteiger partial charge in [-0.25, -0.2) is 0 Å². The molecular weight excluding hydrogens is 537 g/mol. The van der Waals surface area contributed by atoms with Gasteiger partial charge in [0.25, 0.3) is 0 Å². The number of hydrogen-bond donors (Lipinski definition) is 5. The first kappa shape index (κ1) is 31.8. The summed E-state index contributed by atoms with van der Waals surface area (Å²) < 4.78 is 5.82. The topological polar surface area (TPSA) is 138 Å². The minimum absolute atomic E-state index is 0.0211. The summed E-state index contributed by atoms with van der Waals surface area (Å²) in [5, 5.41) is 18.6. The molecule has 10 heteroatoms. The second kappa shape index (κ2) is 15.9. The number of aliphatic carboxylic acids is 1. The van der Waals surface area contributed by atoms with E-state index in [2.05, 4.69) is 73.7 Å². The van der Waals surface area contributed by atoms with E-state index in [0.717, 1.165) is 41.7 Å². The first-order chi connectivity index (χ1) is 19.8. The lowest BCUT2D eigenvalue weighted by molar-refractivity contribution is -0.139. The molecular formula is C31H42N5O4P. The van der Waals surface area contributed by atoms with Gasteiger partial charge in [0.15, 0.2) is 0 Å². The maximum absolute atomic E-state index is 12.0. The number of hydrazone groups is 1. The normalized spacial score (nSPS) is 17.4. The number of hydrogen-bond acceptors (Lipinski definition) is 6. The first-order valence-electron chi connectivity index (χ1n) is 13.9. The molecule has 0 saturated carbocycles. The molecule has 41 heavy (non-hydrogen) atoms. The quantitative estimate of drug-likeness (QED) is 0.0658. The molecule has 2 aromatic carbocycles. The van der Waals surface area contributed by atoms with Crippen LogP contribution in [0, 0.1) is 0 Å². The summed E-state index contributed by atoms with van der Waals surface area (Å²) in [6.45, 7) is 3.22. The zero-order valence-corrected chi connectivity index (χ0v) is 25.0. The van der Waals surface area contributed by atoms with Gasteiger partial charge in [0.05, 0.1) is 6.61 Å². The Hall–Kier alpha value is -3.68. The SMILES string of the molecule is CN/N=C(\N)C1=CCC(C)(c2ccc(-c3ccc(OCCCC(=O)NCCCC[C@H](NP)C(=O)O)cc3)cc2)C=C1. The maximum Gasteiger partial charge on any atom is 0.320 e. The fourth-order valence-corrected chi connectivity index (χ4v) is 4.91. The van der Waals surface area contributed by atoms with Gasteiger partial charge in [-0.2, -0.15) is 5.10 Å². The van der Waals surface area contributed by atoms with Crippen LogP contribution >= 0.6 is 9.39 Å². The zero-order chi connectivity index (χ0) is 29.7. The minimum Gasteiger partial charge on any atom is -0.494 e. The molecule has 0 heterocycles. The fourth-order valence-electron chi connectivity index (χ4n) is 4.60. The van der Waals surface area contributed by atoms with E-state index in [4.69, 9.17) is 15.6 Å². The van der Waals surface area contributed by atoms with Crippen molar-refractivity contribution in [2.75, 3.05) is 20.2 Å². The van der Waals surface area contributed by atoms with Crippen LogP contribution in [-0.2, 0) is 15.0 Å². The third-order valence-corrected chi connectivity index (χ3v) is 7.60. The highest BCUT2D eigenvalue weighted by Crippen LogP contribution is 2.35. The predicted octanol–water partition coefficient (Wildman–Crippen LogP) is 4.27. The van der Waals surface area contributed by atoms with E-state index >= 15 is 0 Å². The number of carboxylic acids is 1. The second-order valence-corrected chi connectivity index (χ2v) is 10.6. The molecule has 1 amide bonds. The third-order valence-electron chi connectivity index (χ3n) is 7.19. The largest absolute Gasteiger partial charge is 0.494 e. The van der Waals surface area contributed by atoms with Crippen molar-refractivity contribution in [3.63, 3.8) is 0 Å². The molecule has 0 aliphatic heterocycles. The molecule has 0 spiro atoms. The molecule has 0 saturated heterocycles. The average molecular weight is 580 g/mol. The van der Waals surface area contributed by atoms with E-state index in [9.17, 15) is 9.59 Å². The van der Waals surface area contributed by atoms with Crippen LogP contribution in [0.15, 0.2) is 77.4 Å². The lowest BCUT2D eigenvalue weighted by atomic mass is 9.76. The molecule has 3 atom stereocenters. The zero-order valence-electron chi connectivity index (χ0n) is 23.9. The number of carboxylic acid groups (broad SMARTS) is 1. The first-order valence-corrected chi connectivity index (χ1v) is 14.5. The van der Waals surface area contributed by atoms with Crippen LogP contribution in [0.25, 0.3) is 11.1 Å². The summed E-state index contributed by atoms with van der Waals surface area (Å²) in [6.07, 6.45) is 10.2. The number of nitrogens with two attached hydrogens (primary N) is 1. The van der Waals surface area contributed by atoms with Gasteiger partial charge in [0, 0.05) is 31.0 Å². The number of ether oxygens (including phenoxy) is 1. The monoisotopic (exact) mass is 579 g/mol. The summed E-state index contributed by atoms with van der Waals surface area (Å²) in [5.74, 6) is 0.364. The van der Waals surface area contributed by atoms with Crippen molar-refractivity contribution >= 4 is 27.1 Å². The lowest BCUT2D eigenvalue weighted by Crippen LogP contribution is -2.30.